The highest BCUT2D eigenvalue weighted by Crippen LogP contribution is 2.27. The summed E-state index contributed by atoms with van der Waals surface area (Å²) in [6.45, 7) is 3.83. The predicted molar refractivity (Wildman–Crippen MR) is 81.9 cm³/mol. The number of aryl methyl sites for hydroxylation is 1. The van der Waals surface area contributed by atoms with Crippen LogP contribution in [0.15, 0.2) is 18.2 Å². The van der Waals surface area contributed by atoms with E-state index in [4.69, 9.17) is 4.74 Å². The third-order valence-corrected chi connectivity index (χ3v) is 3.66. The Morgan fingerprint density at radius 1 is 1.38 bits per heavy atom. The molecule has 1 aliphatic rings. The lowest BCUT2D eigenvalue weighted by Crippen LogP contribution is -2.40. The van der Waals surface area contributed by atoms with Crippen LogP contribution < -0.4 is 10.2 Å². The molecule has 1 amide bonds. The molecule has 5 nitrogen and oxygen atoms in total. The van der Waals surface area contributed by atoms with Crippen LogP contribution in [0.25, 0.3) is 0 Å². The molecule has 0 atom stereocenters. The standard InChI is InChI=1S/C16H22N2O3/c1-12(19)13-5-6-15-14(10-13)4-3-8-18(15)11-16(20)17-7-9-21-2/h5-6,10H,3-4,7-9,11H2,1-2H3,(H,17,20). The number of ether oxygens (including phenoxy) is 1. The van der Waals surface area contributed by atoms with Crippen LogP contribution in [0.5, 0.6) is 0 Å². The van der Waals surface area contributed by atoms with E-state index in [-0.39, 0.29) is 11.7 Å². The molecular formula is C16H22N2O3. The smallest absolute Gasteiger partial charge is 0.239 e. The van der Waals surface area contributed by atoms with Crippen LogP contribution in [0.1, 0.15) is 29.3 Å². The molecule has 1 heterocycles. The Kier molecular flexibility index (Phi) is 5.33. The number of ketones is 1. The van der Waals surface area contributed by atoms with E-state index in [0.29, 0.717) is 19.7 Å². The Morgan fingerprint density at radius 2 is 2.19 bits per heavy atom. The lowest BCUT2D eigenvalue weighted by molar-refractivity contribution is -0.120. The highest BCUT2D eigenvalue weighted by molar-refractivity contribution is 5.95. The fraction of sp³-hybridized carbons (Fsp3) is 0.500. The molecule has 0 bridgehead atoms. The van der Waals surface area contributed by atoms with E-state index in [2.05, 4.69) is 10.2 Å². The van der Waals surface area contributed by atoms with E-state index >= 15 is 0 Å². The van der Waals surface area contributed by atoms with Crippen LogP contribution in [0.2, 0.25) is 0 Å². The van der Waals surface area contributed by atoms with Gasteiger partial charge in [-0.3, -0.25) is 9.59 Å². The first-order valence-electron chi connectivity index (χ1n) is 7.26. The maximum absolute atomic E-state index is 11.9. The van der Waals surface area contributed by atoms with Gasteiger partial charge in [-0.05, 0) is 43.5 Å². The number of carbonyl (C=O) groups is 2. The second kappa shape index (κ2) is 7.22. The van der Waals surface area contributed by atoms with Crippen molar-refractivity contribution in [3.05, 3.63) is 29.3 Å². The van der Waals surface area contributed by atoms with E-state index in [0.717, 1.165) is 36.2 Å². The number of nitrogens with one attached hydrogen (secondary N) is 1. The first-order chi connectivity index (χ1) is 10.1. The van der Waals surface area contributed by atoms with Gasteiger partial charge in [-0.25, -0.2) is 0 Å². The number of nitrogens with zero attached hydrogens (tertiary/aromatic N) is 1. The van der Waals surface area contributed by atoms with Gasteiger partial charge in [0.05, 0.1) is 13.2 Å². The number of carbonyl (C=O) groups excluding carboxylic acids is 2. The Bertz CT molecular complexity index is 528. The fourth-order valence-corrected chi connectivity index (χ4v) is 2.58. The molecule has 0 fully saturated rings. The van der Waals surface area contributed by atoms with Gasteiger partial charge in [0, 0.05) is 31.5 Å². The monoisotopic (exact) mass is 290 g/mol. The van der Waals surface area contributed by atoms with Crippen molar-refractivity contribution in [2.45, 2.75) is 19.8 Å². The van der Waals surface area contributed by atoms with Crippen molar-refractivity contribution in [2.24, 2.45) is 0 Å². The van der Waals surface area contributed by atoms with Gasteiger partial charge in [0.25, 0.3) is 0 Å². The number of Topliss-reactive ketones (excluding diaryl/α,β-unsaturated/α-hetero) is 1. The van der Waals surface area contributed by atoms with Crippen molar-refractivity contribution in [3.8, 4) is 0 Å². The molecule has 0 aliphatic carbocycles. The second-order valence-corrected chi connectivity index (χ2v) is 5.27. The first-order valence-corrected chi connectivity index (χ1v) is 7.26. The number of anilines is 1. The molecule has 0 radical (unpaired) electrons. The third kappa shape index (κ3) is 4.04. The van der Waals surface area contributed by atoms with Gasteiger partial charge in [-0.1, -0.05) is 0 Å². The number of methoxy groups -OCH3 is 1. The number of benzene rings is 1. The topological polar surface area (TPSA) is 58.6 Å². The zero-order chi connectivity index (χ0) is 15.2. The van der Waals surface area contributed by atoms with E-state index in [9.17, 15) is 9.59 Å². The first kappa shape index (κ1) is 15.5. The Morgan fingerprint density at radius 3 is 2.90 bits per heavy atom. The largest absolute Gasteiger partial charge is 0.383 e. The number of fused-ring (bicyclic) bond motifs is 1. The van der Waals surface area contributed by atoms with Crippen LogP contribution in [0, 0.1) is 0 Å². The number of hydrogen-bond donors (Lipinski definition) is 1. The zero-order valence-electron chi connectivity index (χ0n) is 12.6. The number of amides is 1. The summed E-state index contributed by atoms with van der Waals surface area (Å²) in [5.74, 6) is 0.0720. The molecule has 0 spiro atoms. The molecule has 114 valence electrons. The summed E-state index contributed by atoms with van der Waals surface area (Å²) in [5, 5.41) is 2.83. The molecule has 0 unspecified atom stereocenters. The summed E-state index contributed by atoms with van der Waals surface area (Å²) in [7, 11) is 1.61. The number of rotatable bonds is 6. The van der Waals surface area contributed by atoms with Crippen molar-refractivity contribution in [1.29, 1.82) is 0 Å². The maximum Gasteiger partial charge on any atom is 0.239 e. The quantitative estimate of drug-likeness (QED) is 0.635. The van der Waals surface area contributed by atoms with Crippen molar-refractivity contribution in [3.63, 3.8) is 0 Å². The van der Waals surface area contributed by atoms with Gasteiger partial charge in [0.1, 0.15) is 0 Å². The molecule has 1 aliphatic heterocycles. The maximum atomic E-state index is 11.9. The van der Waals surface area contributed by atoms with Crippen molar-refractivity contribution >= 4 is 17.4 Å². The SMILES string of the molecule is COCCNC(=O)CN1CCCc2cc(C(C)=O)ccc21. The van der Waals surface area contributed by atoms with E-state index in [1.54, 1.807) is 14.0 Å². The number of hydrogen-bond acceptors (Lipinski definition) is 4. The molecule has 5 heteroatoms. The summed E-state index contributed by atoms with van der Waals surface area (Å²) in [4.78, 5) is 25.4. The van der Waals surface area contributed by atoms with Crippen molar-refractivity contribution < 1.29 is 14.3 Å². The molecule has 0 aromatic heterocycles. The van der Waals surface area contributed by atoms with Crippen molar-refractivity contribution in [2.75, 3.05) is 38.3 Å². The molecule has 0 saturated carbocycles. The summed E-state index contributed by atoms with van der Waals surface area (Å²) in [6.07, 6.45) is 1.96. The summed E-state index contributed by atoms with van der Waals surface area (Å²) in [6, 6.07) is 5.74. The van der Waals surface area contributed by atoms with Crippen LogP contribution in [0.4, 0.5) is 5.69 Å². The fourth-order valence-electron chi connectivity index (χ4n) is 2.58. The Labute approximate surface area is 125 Å². The van der Waals surface area contributed by atoms with Crippen LogP contribution in [-0.4, -0.2) is 45.0 Å². The summed E-state index contributed by atoms with van der Waals surface area (Å²) < 4.78 is 4.91. The second-order valence-electron chi connectivity index (χ2n) is 5.27. The van der Waals surface area contributed by atoms with Gasteiger partial charge in [-0.2, -0.15) is 0 Å². The predicted octanol–water partition coefficient (Wildman–Crippen LogP) is 1.40. The van der Waals surface area contributed by atoms with E-state index in [1.165, 1.54) is 0 Å². The summed E-state index contributed by atoms with van der Waals surface area (Å²) >= 11 is 0. The minimum absolute atomic E-state index is 0.00413. The minimum Gasteiger partial charge on any atom is -0.383 e. The normalized spacial score (nSPS) is 13.7. The lowest BCUT2D eigenvalue weighted by Gasteiger charge is -2.31. The third-order valence-electron chi connectivity index (χ3n) is 3.66. The average molecular weight is 290 g/mol. The molecular weight excluding hydrogens is 268 g/mol. The molecule has 2 rings (SSSR count). The molecule has 0 saturated heterocycles. The van der Waals surface area contributed by atoms with E-state index in [1.807, 2.05) is 18.2 Å². The molecule has 1 aromatic carbocycles. The van der Waals surface area contributed by atoms with E-state index < -0.39 is 0 Å². The van der Waals surface area contributed by atoms with Crippen LogP contribution in [-0.2, 0) is 16.0 Å². The van der Waals surface area contributed by atoms with Gasteiger partial charge in [0.15, 0.2) is 5.78 Å². The highest BCUT2D eigenvalue weighted by Gasteiger charge is 2.19. The van der Waals surface area contributed by atoms with Gasteiger partial charge < -0.3 is 15.0 Å². The molecule has 1 aromatic rings. The van der Waals surface area contributed by atoms with Crippen LogP contribution >= 0.6 is 0 Å². The molecule has 1 N–H and O–H groups in total. The Hall–Kier alpha value is -1.88. The van der Waals surface area contributed by atoms with Crippen molar-refractivity contribution in [1.82, 2.24) is 5.32 Å². The van der Waals surface area contributed by atoms with Crippen LogP contribution in [0.3, 0.4) is 0 Å². The molecule has 21 heavy (non-hydrogen) atoms. The zero-order valence-corrected chi connectivity index (χ0v) is 12.6. The van der Waals surface area contributed by atoms with Gasteiger partial charge >= 0.3 is 0 Å². The van der Waals surface area contributed by atoms with Gasteiger partial charge in [-0.15, -0.1) is 0 Å². The highest BCUT2D eigenvalue weighted by atomic mass is 16.5. The summed E-state index contributed by atoms with van der Waals surface area (Å²) in [5.41, 5.74) is 2.95. The average Bonchev–Trinajstić information content (AvgIpc) is 2.47. The van der Waals surface area contributed by atoms with Gasteiger partial charge in [0.2, 0.25) is 5.91 Å². The minimum atomic E-state index is -0.00413. The Balaban J connectivity index is 2.04. The lowest BCUT2D eigenvalue weighted by atomic mass is 9.98.